The van der Waals surface area contributed by atoms with Crippen LogP contribution in [0.4, 0.5) is 0 Å². The van der Waals surface area contributed by atoms with Crippen LogP contribution in [0, 0.1) is 0 Å². The quantitative estimate of drug-likeness (QED) is 0.362. The lowest BCUT2D eigenvalue weighted by atomic mass is 9.71. The van der Waals surface area contributed by atoms with Gasteiger partial charge in [-0.05, 0) is 84.4 Å². The summed E-state index contributed by atoms with van der Waals surface area (Å²) < 4.78 is 28.4. The zero-order chi connectivity index (χ0) is 28.3. The van der Waals surface area contributed by atoms with Gasteiger partial charge in [-0.2, -0.15) is 0 Å². The van der Waals surface area contributed by atoms with Crippen LogP contribution < -0.4 is 24.3 Å². The van der Waals surface area contributed by atoms with Crippen LogP contribution in [0.3, 0.4) is 0 Å². The van der Waals surface area contributed by atoms with Crippen LogP contribution in [0.5, 0.6) is 23.0 Å². The molecule has 1 N–H and O–H groups in total. The summed E-state index contributed by atoms with van der Waals surface area (Å²) in [6.45, 7) is 6.15. The van der Waals surface area contributed by atoms with Gasteiger partial charge in [-0.3, -0.25) is 4.79 Å². The van der Waals surface area contributed by atoms with Gasteiger partial charge in [0.2, 0.25) is 0 Å². The third kappa shape index (κ3) is 5.50. The Hall–Kier alpha value is -3.46. The van der Waals surface area contributed by atoms with E-state index in [2.05, 4.69) is 21.2 Å². The monoisotopic (exact) mass is 599 g/mol. The van der Waals surface area contributed by atoms with E-state index in [0.29, 0.717) is 57.3 Å². The summed E-state index contributed by atoms with van der Waals surface area (Å²) in [6, 6.07) is 9.46. The van der Waals surface area contributed by atoms with E-state index in [0.717, 1.165) is 16.8 Å². The zero-order valence-electron chi connectivity index (χ0n) is 23.1. The molecule has 0 radical (unpaired) electrons. The summed E-state index contributed by atoms with van der Waals surface area (Å²) >= 11 is 3.59. The Morgan fingerprint density at radius 2 is 1.67 bits per heavy atom. The van der Waals surface area contributed by atoms with Gasteiger partial charge in [-0.1, -0.05) is 6.07 Å². The van der Waals surface area contributed by atoms with Crippen molar-refractivity contribution < 1.29 is 33.3 Å². The SMILES string of the molecule is CCOC(=O)C1=C(C)NC2=C(C(=O)CC(c3ccc(OC)c(OC)c3)C2)C1c1cc(Br)c(OC)c(OCC)c1. The third-order valence-electron chi connectivity index (χ3n) is 7.07. The first kappa shape index (κ1) is 28.5. The second kappa shape index (κ2) is 12.2. The molecule has 0 spiro atoms. The molecule has 0 amide bonds. The summed E-state index contributed by atoms with van der Waals surface area (Å²) in [5, 5.41) is 3.38. The number of allylic oxidation sites excluding steroid dienone is 3. The number of esters is 1. The van der Waals surface area contributed by atoms with E-state index in [1.165, 1.54) is 0 Å². The maximum Gasteiger partial charge on any atom is 0.336 e. The Kier molecular flexibility index (Phi) is 8.90. The maximum absolute atomic E-state index is 13.9. The highest BCUT2D eigenvalue weighted by atomic mass is 79.9. The van der Waals surface area contributed by atoms with Crippen molar-refractivity contribution in [2.24, 2.45) is 0 Å². The van der Waals surface area contributed by atoms with E-state index in [-0.39, 0.29) is 24.7 Å². The minimum Gasteiger partial charge on any atom is -0.493 e. The Morgan fingerprint density at radius 1 is 0.949 bits per heavy atom. The van der Waals surface area contributed by atoms with Crippen LogP contribution in [0.25, 0.3) is 0 Å². The van der Waals surface area contributed by atoms with Crippen molar-refractivity contribution in [3.8, 4) is 23.0 Å². The van der Waals surface area contributed by atoms with Crippen molar-refractivity contribution in [2.45, 2.75) is 45.4 Å². The molecule has 2 aromatic rings. The number of Topliss-reactive ketones (excluding diaryl/α,β-unsaturated/α-hetero) is 1. The molecule has 2 unspecified atom stereocenters. The Bertz CT molecular complexity index is 1350. The number of ether oxygens (including phenoxy) is 5. The number of hydrogen-bond acceptors (Lipinski definition) is 8. The van der Waals surface area contributed by atoms with Crippen molar-refractivity contribution in [3.63, 3.8) is 0 Å². The van der Waals surface area contributed by atoms with Gasteiger partial charge in [0.05, 0.1) is 44.6 Å². The lowest BCUT2D eigenvalue weighted by Crippen LogP contribution is -2.36. The molecule has 1 aliphatic heterocycles. The molecule has 2 atom stereocenters. The summed E-state index contributed by atoms with van der Waals surface area (Å²) in [7, 11) is 4.76. The Balaban J connectivity index is 1.84. The van der Waals surface area contributed by atoms with Crippen molar-refractivity contribution in [1.82, 2.24) is 5.32 Å². The lowest BCUT2D eigenvalue weighted by molar-refractivity contribution is -0.138. The molecule has 0 bridgehead atoms. The molecule has 2 aromatic carbocycles. The molecule has 1 heterocycles. The highest BCUT2D eigenvalue weighted by molar-refractivity contribution is 9.10. The van der Waals surface area contributed by atoms with Gasteiger partial charge in [-0.25, -0.2) is 4.79 Å². The van der Waals surface area contributed by atoms with Crippen LogP contribution >= 0.6 is 15.9 Å². The predicted molar refractivity (Wildman–Crippen MR) is 151 cm³/mol. The molecule has 0 aromatic heterocycles. The summed E-state index contributed by atoms with van der Waals surface area (Å²) in [5.74, 6) is 1.13. The fourth-order valence-corrected chi connectivity index (χ4v) is 6.03. The molecule has 39 heavy (non-hydrogen) atoms. The smallest absolute Gasteiger partial charge is 0.336 e. The average molecular weight is 601 g/mol. The normalized spacial score (nSPS) is 18.8. The molecule has 8 nitrogen and oxygen atoms in total. The minimum absolute atomic E-state index is 0.0345. The standard InChI is InChI=1S/C30H34BrNO7/c1-7-38-25-15-19(11-20(31)29(25)37-6)27-26(30(34)39-8-2)16(3)32-21-12-18(13-22(33)28(21)27)17-9-10-23(35-4)24(14-17)36-5/h9-11,14-15,18,27,32H,7-8,12-13H2,1-6H3. The number of rotatable bonds is 9. The van der Waals surface area contributed by atoms with Crippen molar-refractivity contribution >= 4 is 27.7 Å². The van der Waals surface area contributed by atoms with Crippen molar-refractivity contribution in [3.05, 3.63) is 68.5 Å². The first-order valence-corrected chi connectivity index (χ1v) is 13.7. The summed E-state index contributed by atoms with van der Waals surface area (Å²) in [4.78, 5) is 27.2. The molecule has 208 valence electrons. The third-order valence-corrected chi connectivity index (χ3v) is 7.66. The van der Waals surface area contributed by atoms with Crippen LogP contribution in [0.15, 0.2) is 57.3 Å². The van der Waals surface area contributed by atoms with E-state index < -0.39 is 11.9 Å². The molecule has 4 rings (SSSR count). The van der Waals surface area contributed by atoms with Crippen LogP contribution in [-0.4, -0.2) is 46.3 Å². The fraction of sp³-hybridized carbons (Fsp3) is 0.400. The number of hydrogen-bond donors (Lipinski definition) is 1. The van der Waals surface area contributed by atoms with Gasteiger partial charge < -0.3 is 29.0 Å². The van der Waals surface area contributed by atoms with E-state index in [1.54, 1.807) is 28.3 Å². The zero-order valence-corrected chi connectivity index (χ0v) is 24.7. The highest BCUT2D eigenvalue weighted by Gasteiger charge is 2.42. The number of methoxy groups -OCH3 is 3. The minimum atomic E-state index is -0.624. The molecular formula is C30H34BrNO7. The van der Waals surface area contributed by atoms with Gasteiger partial charge in [0.25, 0.3) is 0 Å². The highest BCUT2D eigenvalue weighted by Crippen LogP contribution is 2.49. The van der Waals surface area contributed by atoms with Gasteiger partial charge in [0, 0.05) is 29.3 Å². The molecule has 0 saturated heterocycles. The van der Waals surface area contributed by atoms with Gasteiger partial charge in [0.15, 0.2) is 28.8 Å². The number of ketones is 1. The predicted octanol–water partition coefficient (Wildman–Crippen LogP) is 5.80. The first-order valence-electron chi connectivity index (χ1n) is 12.9. The second-order valence-corrected chi connectivity index (χ2v) is 10.2. The molecule has 2 aliphatic rings. The molecule has 0 fully saturated rings. The Morgan fingerprint density at radius 3 is 2.31 bits per heavy atom. The first-order chi connectivity index (χ1) is 18.8. The summed E-state index contributed by atoms with van der Waals surface area (Å²) in [6.07, 6.45) is 0.882. The molecule has 0 saturated carbocycles. The number of dihydropyridines is 1. The summed E-state index contributed by atoms with van der Waals surface area (Å²) in [5.41, 5.74) is 4.15. The number of carbonyl (C=O) groups excluding carboxylic acids is 2. The van der Waals surface area contributed by atoms with Gasteiger partial charge >= 0.3 is 5.97 Å². The number of nitrogens with one attached hydrogen (secondary N) is 1. The molecule has 1 aliphatic carbocycles. The maximum atomic E-state index is 13.9. The topological polar surface area (TPSA) is 92.3 Å². The van der Waals surface area contributed by atoms with Crippen LogP contribution in [-0.2, 0) is 14.3 Å². The van der Waals surface area contributed by atoms with Crippen molar-refractivity contribution in [1.29, 1.82) is 0 Å². The van der Waals surface area contributed by atoms with E-state index >= 15 is 0 Å². The molecular weight excluding hydrogens is 566 g/mol. The van der Waals surface area contributed by atoms with Crippen molar-refractivity contribution in [2.75, 3.05) is 34.5 Å². The largest absolute Gasteiger partial charge is 0.493 e. The average Bonchev–Trinajstić information content (AvgIpc) is 2.91. The lowest BCUT2D eigenvalue weighted by Gasteiger charge is -2.37. The fourth-order valence-electron chi connectivity index (χ4n) is 5.41. The van der Waals surface area contributed by atoms with Gasteiger partial charge in [-0.15, -0.1) is 0 Å². The van der Waals surface area contributed by atoms with Crippen LogP contribution in [0.1, 0.15) is 56.6 Å². The van der Waals surface area contributed by atoms with E-state index in [1.807, 2.05) is 44.2 Å². The second-order valence-electron chi connectivity index (χ2n) is 9.32. The Labute approximate surface area is 237 Å². The van der Waals surface area contributed by atoms with Gasteiger partial charge in [0.1, 0.15) is 0 Å². The molecule has 9 heteroatoms. The number of halogens is 1. The van der Waals surface area contributed by atoms with Crippen LogP contribution in [0.2, 0.25) is 0 Å². The van der Waals surface area contributed by atoms with E-state index in [4.69, 9.17) is 23.7 Å². The van der Waals surface area contributed by atoms with E-state index in [9.17, 15) is 9.59 Å². The number of benzene rings is 2. The number of carbonyl (C=O) groups is 2.